The number of hydrogen-bond acceptors (Lipinski definition) is 16. The quantitative estimate of drug-likeness (QED) is 0.149. The van der Waals surface area contributed by atoms with Crippen molar-refractivity contribution in [3.63, 3.8) is 0 Å². The summed E-state index contributed by atoms with van der Waals surface area (Å²) in [7, 11) is 1.55. The Morgan fingerprint density at radius 3 is 2.08 bits per heavy atom. The van der Waals surface area contributed by atoms with E-state index in [0.29, 0.717) is 0 Å². The Labute approximate surface area is 213 Å². The smallest absolute Gasteiger partial charge is 0.189 e. The Hall–Kier alpha value is -0.640. The van der Waals surface area contributed by atoms with Crippen molar-refractivity contribution in [3.8, 4) is 0 Å². The lowest BCUT2D eigenvalue weighted by Gasteiger charge is -2.51. The molecule has 1 aliphatic carbocycles. The SMILES string of the molecule is CN[C@@H]1[C@@H](O[C@H]2O[C@@H](CO)[C@@H](N)[C@H](O)[C@H]2O)O[C@@H]2C[C@@H](N)[C@@H](O[C@@H]3[C@H](O)[C@H](O)[C@H](N)C[C@@H]3N)O[C@@H]2[C@@H]1O. The van der Waals surface area contributed by atoms with E-state index in [0.717, 1.165) is 0 Å². The van der Waals surface area contributed by atoms with E-state index in [-0.39, 0.29) is 12.8 Å². The average Bonchev–Trinajstić information content (AvgIpc) is 2.86. The summed E-state index contributed by atoms with van der Waals surface area (Å²) < 4.78 is 29.2. The third-order valence-electron chi connectivity index (χ3n) is 7.74. The van der Waals surface area contributed by atoms with Gasteiger partial charge in [0.15, 0.2) is 18.9 Å². The molecule has 17 atom stereocenters. The summed E-state index contributed by atoms with van der Waals surface area (Å²) in [6.07, 6.45) is -13.7. The Morgan fingerprint density at radius 1 is 0.730 bits per heavy atom. The van der Waals surface area contributed by atoms with Crippen LogP contribution in [0.2, 0.25) is 0 Å². The predicted molar refractivity (Wildman–Crippen MR) is 123 cm³/mol. The largest absolute Gasteiger partial charge is 0.394 e. The first-order valence-electron chi connectivity index (χ1n) is 12.5. The molecule has 0 aromatic carbocycles. The van der Waals surface area contributed by atoms with E-state index >= 15 is 0 Å². The van der Waals surface area contributed by atoms with Crippen molar-refractivity contribution in [1.29, 1.82) is 0 Å². The van der Waals surface area contributed by atoms with Gasteiger partial charge < -0.3 is 82.6 Å². The van der Waals surface area contributed by atoms with Gasteiger partial charge in [0, 0.05) is 12.1 Å². The molecule has 216 valence electrons. The van der Waals surface area contributed by atoms with Gasteiger partial charge in [-0.2, -0.15) is 0 Å². The van der Waals surface area contributed by atoms with Gasteiger partial charge in [0.1, 0.15) is 42.7 Å². The molecule has 0 unspecified atom stereocenters. The molecule has 3 aliphatic heterocycles. The maximum absolute atomic E-state index is 11.1. The molecule has 16 nitrogen and oxygen atoms in total. The molecule has 4 rings (SSSR count). The zero-order valence-corrected chi connectivity index (χ0v) is 20.5. The van der Waals surface area contributed by atoms with Crippen LogP contribution in [-0.4, -0.2) is 148 Å². The van der Waals surface area contributed by atoms with E-state index in [1.807, 2.05) is 0 Å². The molecule has 37 heavy (non-hydrogen) atoms. The predicted octanol–water partition coefficient (Wildman–Crippen LogP) is -6.95. The van der Waals surface area contributed by atoms with Gasteiger partial charge >= 0.3 is 0 Å². The lowest BCUT2D eigenvalue weighted by molar-refractivity contribution is -0.373. The van der Waals surface area contributed by atoms with Gasteiger partial charge in [-0.15, -0.1) is 0 Å². The third kappa shape index (κ3) is 5.66. The van der Waals surface area contributed by atoms with E-state index in [1.165, 1.54) is 0 Å². The highest BCUT2D eigenvalue weighted by Crippen LogP contribution is 2.35. The van der Waals surface area contributed by atoms with Gasteiger partial charge in [0.2, 0.25) is 0 Å². The summed E-state index contributed by atoms with van der Waals surface area (Å²) in [4.78, 5) is 0. The van der Waals surface area contributed by atoms with Crippen LogP contribution in [0.15, 0.2) is 0 Å². The number of rotatable bonds is 6. The molecule has 0 aromatic heterocycles. The number of nitrogens with two attached hydrogens (primary N) is 4. The van der Waals surface area contributed by atoms with Crippen molar-refractivity contribution >= 4 is 0 Å². The molecular formula is C21H41N5O11. The van der Waals surface area contributed by atoms with Crippen molar-refractivity contribution in [2.45, 2.75) is 117 Å². The van der Waals surface area contributed by atoms with Crippen molar-refractivity contribution in [3.05, 3.63) is 0 Å². The molecule has 15 N–H and O–H groups in total. The normalized spacial score (nSPS) is 55.1. The fourth-order valence-corrected chi connectivity index (χ4v) is 5.46. The van der Waals surface area contributed by atoms with E-state index < -0.39 is 111 Å². The topological polar surface area (TPSA) is 284 Å². The fraction of sp³-hybridized carbons (Fsp3) is 1.00. The van der Waals surface area contributed by atoms with Gasteiger partial charge in [-0.1, -0.05) is 0 Å². The van der Waals surface area contributed by atoms with Gasteiger partial charge in [0.25, 0.3) is 0 Å². The fourth-order valence-electron chi connectivity index (χ4n) is 5.46. The third-order valence-corrected chi connectivity index (χ3v) is 7.74. The maximum Gasteiger partial charge on any atom is 0.189 e. The number of fused-ring (bicyclic) bond motifs is 1. The summed E-state index contributed by atoms with van der Waals surface area (Å²) in [5.41, 5.74) is 24.0. The Balaban J connectivity index is 1.43. The number of aliphatic hydroxyl groups is 6. The number of aliphatic hydroxyl groups excluding tert-OH is 6. The molecule has 0 spiro atoms. The summed E-state index contributed by atoms with van der Waals surface area (Å²) >= 11 is 0. The zero-order valence-electron chi connectivity index (χ0n) is 20.5. The second-order valence-corrected chi connectivity index (χ2v) is 10.3. The minimum absolute atomic E-state index is 0.156. The van der Waals surface area contributed by atoms with Crippen LogP contribution in [0.4, 0.5) is 0 Å². The minimum atomic E-state index is -1.54. The minimum Gasteiger partial charge on any atom is -0.394 e. The van der Waals surface area contributed by atoms with E-state index in [2.05, 4.69) is 5.32 Å². The molecular weight excluding hydrogens is 498 g/mol. The second kappa shape index (κ2) is 11.8. The molecule has 4 aliphatic rings. The molecule has 4 fully saturated rings. The molecule has 1 saturated carbocycles. The summed E-state index contributed by atoms with van der Waals surface area (Å²) in [5, 5.41) is 64.7. The molecule has 0 amide bonds. The summed E-state index contributed by atoms with van der Waals surface area (Å²) in [5.74, 6) is 0. The van der Waals surface area contributed by atoms with Crippen LogP contribution in [0, 0.1) is 0 Å². The first kappa shape index (κ1) is 29.3. The Morgan fingerprint density at radius 2 is 1.43 bits per heavy atom. The van der Waals surface area contributed by atoms with Crippen LogP contribution in [0.1, 0.15) is 12.8 Å². The summed E-state index contributed by atoms with van der Waals surface area (Å²) in [6.45, 7) is -0.508. The highest BCUT2D eigenvalue weighted by Gasteiger charge is 2.54. The molecule has 3 heterocycles. The number of nitrogens with one attached hydrogen (secondary N) is 1. The lowest BCUT2D eigenvalue weighted by Crippen LogP contribution is -2.70. The van der Waals surface area contributed by atoms with Gasteiger partial charge in [0.05, 0.1) is 36.9 Å². The molecule has 0 bridgehead atoms. The Bertz CT molecular complexity index is 756. The van der Waals surface area contributed by atoms with Crippen LogP contribution < -0.4 is 28.3 Å². The zero-order chi connectivity index (χ0) is 27.2. The van der Waals surface area contributed by atoms with Gasteiger partial charge in [-0.3, -0.25) is 0 Å². The first-order valence-corrected chi connectivity index (χ1v) is 12.5. The summed E-state index contributed by atoms with van der Waals surface area (Å²) in [6, 6.07) is -4.05. The van der Waals surface area contributed by atoms with E-state index in [9.17, 15) is 30.6 Å². The monoisotopic (exact) mass is 539 g/mol. The average molecular weight is 540 g/mol. The van der Waals surface area contributed by atoms with Crippen LogP contribution in [0.5, 0.6) is 0 Å². The van der Waals surface area contributed by atoms with Crippen LogP contribution >= 0.6 is 0 Å². The van der Waals surface area contributed by atoms with Crippen LogP contribution in [0.25, 0.3) is 0 Å². The van der Waals surface area contributed by atoms with Crippen molar-refractivity contribution in [2.24, 2.45) is 22.9 Å². The van der Waals surface area contributed by atoms with E-state index in [1.54, 1.807) is 7.05 Å². The number of likely N-dealkylation sites (N-methyl/N-ethyl adjacent to an activating group) is 1. The first-order chi connectivity index (χ1) is 17.5. The molecule has 0 aromatic rings. The van der Waals surface area contributed by atoms with Gasteiger partial charge in [-0.05, 0) is 19.9 Å². The van der Waals surface area contributed by atoms with E-state index in [4.69, 9.17) is 46.6 Å². The molecule has 3 saturated heterocycles. The van der Waals surface area contributed by atoms with Crippen molar-refractivity contribution in [2.75, 3.05) is 13.7 Å². The molecule has 16 heteroatoms. The van der Waals surface area contributed by atoms with Crippen LogP contribution in [0.3, 0.4) is 0 Å². The second-order valence-electron chi connectivity index (χ2n) is 10.3. The van der Waals surface area contributed by atoms with Crippen molar-refractivity contribution < 1.29 is 54.3 Å². The Kier molecular flexibility index (Phi) is 9.40. The lowest BCUT2D eigenvalue weighted by atomic mass is 9.84. The van der Waals surface area contributed by atoms with Crippen LogP contribution in [-0.2, 0) is 23.7 Å². The highest BCUT2D eigenvalue weighted by atomic mass is 16.8. The highest BCUT2D eigenvalue weighted by molar-refractivity contribution is 5.01. The van der Waals surface area contributed by atoms with Crippen molar-refractivity contribution in [1.82, 2.24) is 5.32 Å². The number of hydrogen-bond donors (Lipinski definition) is 11. The standard InChI is InChI=1S/C21H41N5O11/c1-26-11-14(30)18-8(33-20(11)37-21-16(32)13(29)10(25)9(4-27)34-21)3-7(24)19(36-18)35-17-6(23)2-5(22)12(28)15(17)31/h5-21,26-32H,2-4,22-25H2,1H3/t5-,6+,7-,8-,9+,10-,11+,12-,13+,14-,15-,16-,17+,18+,19+,20-,21-/m1/s1. The molecule has 0 radical (unpaired) electrons. The van der Waals surface area contributed by atoms with Gasteiger partial charge in [-0.25, -0.2) is 0 Å². The number of ether oxygens (including phenoxy) is 5. The maximum atomic E-state index is 11.1.